The summed E-state index contributed by atoms with van der Waals surface area (Å²) in [5.41, 5.74) is 9.52. The third-order valence-electron chi connectivity index (χ3n) is 10.1. The van der Waals surface area contributed by atoms with Crippen LogP contribution in [0.4, 0.5) is 0 Å². The molecule has 0 amide bonds. The maximum absolute atomic E-state index is 6.45. The molecule has 1 heterocycles. The zero-order chi connectivity index (χ0) is 20.1. The lowest BCUT2D eigenvalue weighted by atomic mass is 9.39. The Labute approximate surface area is 181 Å². The van der Waals surface area contributed by atoms with Crippen molar-refractivity contribution >= 4 is 17.2 Å². The number of likely N-dealkylation sites (tertiary alicyclic amines) is 1. The van der Waals surface area contributed by atoms with E-state index in [-0.39, 0.29) is 10.8 Å². The molecule has 0 aromatic heterocycles. The molecule has 1 saturated heterocycles. The molecular formula is C26H36N2S. The van der Waals surface area contributed by atoms with Crippen molar-refractivity contribution in [2.24, 2.45) is 33.8 Å². The van der Waals surface area contributed by atoms with Crippen molar-refractivity contribution in [3.05, 3.63) is 35.9 Å². The van der Waals surface area contributed by atoms with E-state index in [2.05, 4.69) is 49.1 Å². The van der Waals surface area contributed by atoms with Crippen molar-refractivity contribution in [3.8, 4) is 0 Å². The molecule has 5 saturated carbocycles. The number of benzene rings is 1. The smallest absolute Gasteiger partial charge is 0.0842 e. The minimum Gasteiger partial charge on any atom is -0.365 e. The van der Waals surface area contributed by atoms with Gasteiger partial charge in [0.15, 0.2) is 0 Å². The van der Waals surface area contributed by atoms with Crippen LogP contribution in [0, 0.1) is 28.1 Å². The molecule has 3 heteroatoms. The first-order valence-corrected chi connectivity index (χ1v) is 12.3. The highest BCUT2D eigenvalue weighted by atomic mass is 32.1. The molecule has 1 aliphatic heterocycles. The molecule has 4 bridgehead atoms. The molecule has 2 N–H and O–H groups in total. The van der Waals surface area contributed by atoms with Gasteiger partial charge in [-0.15, -0.1) is 0 Å². The summed E-state index contributed by atoms with van der Waals surface area (Å²) >= 11 is 6.39. The SMILES string of the molecule is CC1(C)CN(C(=S)C23CC4CC(c5ccccc5)(CC(C2)C42CC2)C3)CC[C@@H]1N. The molecule has 5 aliphatic carbocycles. The van der Waals surface area contributed by atoms with Gasteiger partial charge in [-0.05, 0) is 85.0 Å². The van der Waals surface area contributed by atoms with Crippen LogP contribution in [0.2, 0.25) is 0 Å². The second-order valence-corrected chi connectivity index (χ2v) is 12.5. The highest BCUT2D eigenvalue weighted by Crippen LogP contribution is 2.78. The van der Waals surface area contributed by atoms with E-state index in [1.807, 2.05) is 0 Å². The molecule has 3 atom stereocenters. The molecule has 6 fully saturated rings. The normalized spacial score (nSPS) is 43.6. The second-order valence-electron chi connectivity index (χ2n) is 12.2. The molecule has 1 spiro atoms. The zero-order valence-electron chi connectivity index (χ0n) is 18.1. The molecule has 29 heavy (non-hydrogen) atoms. The first-order chi connectivity index (χ1) is 13.8. The largest absolute Gasteiger partial charge is 0.365 e. The first-order valence-electron chi connectivity index (χ1n) is 11.9. The van der Waals surface area contributed by atoms with Crippen molar-refractivity contribution < 1.29 is 0 Å². The Morgan fingerprint density at radius 3 is 2.28 bits per heavy atom. The quantitative estimate of drug-likeness (QED) is 0.673. The predicted molar refractivity (Wildman–Crippen MR) is 123 cm³/mol. The minimum absolute atomic E-state index is 0.152. The lowest BCUT2D eigenvalue weighted by Crippen LogP contribution is -2.64. The molecule has 0 radical (unpaired) electrons. The summed E-state index contributed by atoms with van der Waals surface area (Å²) in [6, 6.07) is 11.8. The highest BCUT2D eigenvalue weighted by molar-refractivity contribution is 7.80. The number of hydrogen-bond acceptors (Lipinski definition) is 2. The van der Waals surface area contributed by atoms with Gasteiger partial charge in [0, 0.05) is 24.5 Å². The average Bonchev–Trinajstić information content (AvgIpc) is 3.50. The van der Waals surface area contributed by atoms with E-state index in [9.17, 15) is 0 Å². The second kappa shape index (κ2) is 5.85. The van der Waals surface area contributed by atoms with E-state index in [0.29, 0.717) is 16.9 Å². The molecular weight excluding hydrogens is 372 g/mol. The molecule has 2 unspecified atom stereocenters. The summed E-state index contributed by atoms with van der Waals surface area (Å²) in [6.45, 7) is 6.76. The van der Waals surface area contributed by atoms with Gasteiger partial charge < -0.3 is 10.6 Å². The van der Waals surface area contributed by atoms with Crippen molar-refractivity contribution in [2.75, 3.05) is 13.1 Å². The number of nitrogens with zero attached hydrogens (tertiary/aromatic N) is 1. The summed E-state index contributed by atoms with van der Waals surface area (Å²) in [4.78, 5) is 3.90. The van der Waals surface area contributed by atoms with Crippen LogP contribution in [0.5, 0.6) is 0 Å². The third-order valence-corrected chi connectivity index (χ3v) is 10.8. The number of hydrogen-bond donors (Lipinski definition) is 1. The fourth-order valence-corrected chi connectivity index (χ4v) is 8.90. The van der Waals surface area contributed by atoms with Crippen molar-refractivity contribution in [1.82, 2.24) is 4.90 Å². The van der Waals surface area contributed by atoms with Crippen molar-refractivity contribution in [3.63, 3.8) is 0 Å². The van der Waals surface area contributed by atoms with E-state index in [0.717, 1.165) is 31.3 Å². The molecule has 7 rings (SSSR count). The standard InChI is InChI=1S/C26H36N2S/c1-23(2)17-28(11-8-21(23)27)22(29)25-14-19-12-24(16-25,18-6-4-3-5-7-18)13-20(15-25)26(19)9-10-26/h3-7,19-21H,8-17,27H2,1-2H3/t19?,20?,21-,24?,25?/m0/s1. The predicted octanol–water partition coefficient (Wildman–Crippen LogP) is 5.30. The van der Waals surface area contributed by atoms with E-state index < -0.39 is 0 Å². The Morgan fingerprint density at radius 1 is 1.03 bits per heavy atom. The Hall–Kier alpha value is -0.930. The van der Waals surface area contributed by atoms with Crippen LogP contribution < -0.4 is 5.73 Å². The molecule has 156 valence electrons. The van der Waals surface area contributed by atoms with Crippen LogP contribution in [0.1, 0.15) is 70.8 Å². The van der Waals surface area contributed by atoms with E-state index in [1.165, 1.54) is 49.9 Å². The van der Waals surface area contributed by atoms with Crippen LogP contribution in [0.3, 0.4) is 0 Å². The summed E-state index contributed by atoms with van der Waals surface area (Å²) in [7, 11) is 0. The van der Waals surface area contributed by atoms with Gasteiger partial charge in [0.25, 0.3) is 0 Å². The Kier molecular flexibility index (Phi) is 3.80. The Balaban J connectivity index is 1.37. The van der Waals surface area contributed by atoms with E-state index in [1.54, 1.807) is 5.56 Å². The van der Waals surface area contributed by atoms with Gasteiger partial charge >= 0.3 is 0 Å². The van der Waals surface area contributed by atoms with Crippen LogP contribution >= 0.6 is 12.2 Å². The van der Waals surface area contributed by atoms with Gasteiger partial charge in [-0.3, -0.25) is 0 Å². The van der Waals surface area contributed by atoms with Gasteiger partial charge in [-0.25, -0.2) is 0 Å². The number of rotatable bonds is 2. The van der Waals surface area contributed by atoms with Crippen LogP contribution in [-0.4, -0.2) is 29.0 Å². The lowest BCUT2D eigenvalue weighted by molar-refractivity contribution is -0.0979. The summed E-state index contributed by atoms with van der Waals surface area (Å²) < 4.78 is 0. The van der Waals surface area contributed by atoms with Gasteiger partial charge in [-0.2, -0.15) is 0 Å². The van der Waals surface area contributed by atoms with Gasteiger partial charge in [-0.1, -0.05) is 56.4 Å². The van der Waals surface area contributed by atoms with Gasteiger partial charge in [0.2, 0.25) is 0 Å². The molecule has 1 aromatic rings. The van der Waals surface area contributed by atoms with Crippen LogP contribution in [0.15, 0.2) is 30.3 Å². The summed E-state index contributed by atoms with van der Waals surface area (Å²) in [5, 5.41) is 0. The Bertz CT molecular complexity index is 822. The third kappa shape index (κ3) is 2.53. The van der Waals surface area contributed by atoms with Crippen LogP contribution in [-0.2, 0) is 5.41 Å². The minimum atomic E-state index is 0.152. The lowest BCUT2D eigenvalue weighted by Gasteiger charge is -2.67. The maximum atomic E-state index is 6.45. The molecule has 1 aromatic carbocycles. The van der Waals surface area contributed by atoms with Gasteiger partial charge in [0.1, 0.15) is 0 Å². The number of piperidine rings is 1. The zero-order valence-corrected chi connectivity index (χ0v) is 18.9. The fourth-order valence-electron chi connectivity index (χ4n) is 8.50. The van der Waals surface area contributed by atoms with Crippen LogP contribution in [0.25, 0.3) is 0 Å². The molecule has 6 aliphatic rings. The molecule has 2 nitrogen and oxygen atoms in total. The monoisotopic (exact) mass is 408 g/mol. The summed E-state index contributed by atoms with van der Waals surface area (Å²) in [6.07, 6.45) is 10.9. The van der Waals surface area contributed by atoms with Gasteiger partial charge in [0.05, 0.1) is 4.99 Å². The number of thiocarbonyl (C=S) groups is 1. The van der Waals surface area contributed by atoms with Crippen molar-refractivity contribution in [2.45, 2.75) is 76.7 Å². The maximum Gasteiger partial charge on any atom is 0.0842 e. The first kappa shape index (κ1) is 18.8. The van der Waals surface area contributed by atoms with Crippen molar-refractivity contribution in [1.29, 1.82) is 0 Å². The fraction of sp³-hybridized carbons (Fsp3) is 0.731. The topological polar surface area (TPSA) is 29.3 Å². The van der Waals surface area contributed by atoms with E-state index >= 15 is 0 Å². The van der Waals surface area contributed by atoms with E-state index in [4.69, 9.17) is 18.0 Å². The number of nitrogens with two attached hydrogens (primary N) is 1. The highest BCUT2D eigenvalue weighted by Gasteiger charge is 2.71. The average molecular weight is 409 g/mol. The summed E-state index contributed by atoms with van der Waals surface area (Å²) in [5.74, 6) is 1.78. The Morgan fingerprint density at radius 2 is 1.69 bits per heavy atom.